The van der Waals surface area contributed by atoms with E-state index in [0.29, 0.717) is 47.2 Å². The highest BCUT2D eigenvalue weighted by Crippen LogP contribution is 2.41. The summed E-state index contributed by atoms with van der Waals surface area (Å²) >= 11 is 0. The van der Waals surface area contributed by atoms with E-state index in [1.54, 1.807) is 36.5 Å². The number of benzene rings is 2. The zero-order valence-corrected chi connectivity index (χ0v) is 27.1. The SMILES string of the molecule is CC(C)(C)OC(=O)N1[C@@H]2CC[C@H]1CN(c1nc(OCC34CCCN3CCC4)nc3c(F)c(-c4cccc5cccc(F)c45)ncc13)C2. The molecule has 8 rings (SSSR count). The quantitative estimate of drug-likeness (QED) is 0.237. The van der Waals surface area contributed by atoms with Crippen molar-refractivity contribution in [3.8, 4) is 17.3 Å². The number of halogens is 2. The summed E-state index contributed by atoms with van der Waals surface area (Å²) < 4.78 is 44.0. The van der Waals surface area contributed by atoms with E-state index in [1.807, 2.05) is 25.7 Å². The minimum Gasteiger partial charge on any atom is -0.461 e. The molecule has 2 aromatic carbocycles. The molecule has 2 atom stereocenters. The maximum absolute atomic E-state index is 16.8. The van der Waals surface area contributed by atoms with Gasteiger partial charge in [-0.2, -0.15) is 9.97 Å². The number of fused-ring (bicyclic) bond motifs is 5. The molecule has 9 nitrogen and oxygen atoms in total. The van der Waals surface area contributed by atoms with Crippen molar-refractivity contribution in [2.75, 3.05) is 37.7 Å². The van der Waals surface area contributed by atoms with Crippen LogP contribution in [0.25, 0.3) is 32.9 Å². The van der Waals surface area contributed by atoms with Crippen LogP contribution in [-0.2, 0) is 4.74 Å². The number of rotatable bonds is 5. The average Bonchev–Trinajstić information content (AvgIpc) is 3.70. The van der Waals surface area contributed by atoms with Gasteiger partial charge in [0.25, 0.3) is 0 Å². The van der Waals surface area contributed by atoms with Crippen molar-refractivity contribution in [1.29, 1.82) is 0 Å². The summed E-state index contributed by atoms with van der Waals surface area (Å²) in [7, 11) is 0. The van der Waals surface area contributed by atoms with Gasteiger partial charge >= 0.3 is 12.1 Å². The zero-order valence-electron chi connectivity index (χ0n) is 27.1. The predicted octanol–water partition coefficient (Wildman–Crippen LogP) is 6.72. The number of amides is 1. The lowest BCUT2D eigenvalue weighted by Gasteiger charge is -2.42. The number of pyridine rings is 1. The molecule has 2 bridgehead atoms. The van der Waals surface area contributed by atoms with Crippen molar-refractivity contribution in [2.45, 2.75) is 82.5 Å². The Bertz CT molecular complexity index is 1850. The van der Waals surface area contributed by atoms with Gasteiger partial charge in [-0.1, -0.05) is 30.3 Å². The van der Waals surface area contributed by atoms with Gasteiger partial charge in [0, 0.05) is 30.2 Å². The second-order valence-corrected chi connectivity index (χ2v) is 14.5. The molecule has 4 aliphatic rings. The number of hydrogen-bond acceptors (Lipinski definition) is 8. The normalized spacial score (nSPS) is 22.3. The van der Waals surface area contributed by atoms with Crippen LogP contribution in [0, 0.1) is 11.6 Å². The molecule has 0 unspecified atom stereocenters. The number of hydrogen-bond donors (Lipinski definition) is 0. The number of aromatic nitrogens is 3. The Kier molecular flexibility index (Phi) is 7.23. The van der Waals surface area contributed by atoms with E-state index in [0.717, 1.165) is 51.6 Å². The first-order valence-corrected chi connectivity index (χ1v) is 16.8. The molecule has 4 fully saturated rings. The lowest BCUT2D eigenvalue weighted by Crippen LogP contribution is -2.57. The lowest BCUT2D eigenvalue weighted by atomic mass is 9.95. The van der Waals surface area contributed by atoms with Crippen LogP contribution in [0.3, 0.4) is 0 Å². The van der Waals surface area contributed by atoms with Crippen LogP contribution >= 0.6 is 0 Å². The van der Waals surface area contributed by atoms with Crippen LogP contribution in [0.15, 0.2) is 42.6 Å². The first-order valence-electron chi connectivity index (χ1n) is 16.8. The average molecular weight is 643 g/mol. The van der Waals surface area contributed by atoms with Crippen molar-refractivity contribution in [2.24, 2.45) is 0 Å². The summed E-state index contributed by atoms with van der Waals surface area (Å²) in [6.45, 7) is 9.19. The molecule has 4 aliphatic heterocycles. The minimum atomic E-state index is -0.649. The van der Waals surface area contributed by atoms with Crippen LogP contribution < -0.4 is 9.64 Å². The molecule has 6 heterocycles. The van der Waals surface area contributed by atoms with E-state index in [-0.39, 0.29) is 40.9 Å². The van der Waals surface area contributed by atoms with E-state index < -0.39 is 17.2 Å². The predicted molar refractivity (Wildman–Crippen MR) is 176 cm³/mol. The number of carbonyl (C=O) groups is 1. The number of ether oxygens (including phenoxy) is 2. The Morgan fingerprint density at radius 1 is 1.00 bits per heavy atom. The molecule has 2 aromatic heterocycles. The topological polar surface area (TPSA) is 83.9 Å². The molecule has 0 radical (unpaired) electrons. The Balaban J connectivity index is 1.20. The van der Waals surface area contributed by atoms with Crippen molar-refractivity contribution in [3.63, 3.8) is 0 Å². The molecule has 0 aliphatic carbocycles. The number of anilines is 1. The third-order valence-electron chi connectivity index (χ3n) is 10.4. The maximum Gasteiger partial charge on any atom is 0.410 e. The highest BCUT2D eigenvalue weighted by molar-refractivity contribution is 5.99. The Morgan fingerprint density at radius 2 is 1.70 bits per heavy atom. The van der Waals surface area contributed by atoms with Gasteiger partial charge in [-0.25, -0.2) is 13.6 Å². The smallest absolute Gasteiger partial charge is 0.410 e. The van der Waals surface area contributed by atoms with Gasteiger partial charge in [0.05, 0.1) is 23.0 Å². The molecule has 246 valence electrons. The molecule has 11 heteroatoms. The largest absolute Gasteiger partial charge is 0.461 e. The molecule has 0 N–H and O–H groups in total. The lowest BCUT2D eigenvalue weighted by molar-refractivity contribution is 0.0122. The van der Waals surface area contributed by atoms with Crippen molar-refractivity contribution in [1.82, 2.24) is 24.8 Å². The summed E-state index contributed by atoms with van der Waals surface area (Å²) in [4.78, 5) is 33.8. The summed E-state index contributed by atoms with van der Waals surface area (Å²) in [5.41, 5.74) is -0.172. The van der Waals surface area contributed by atoms with Gasteiger partial charge in [-0.3, -0.25) is 14.8 Å². The van der Waals surface area contributed by atoms with Crippen LogP contribution in [-0.4, -0.2) is 86.9 Å². The summed E-state index contributed by atoms with van der Waals surface area (Å²) in [6.07, 6.45) is 7.33. The monoisotopic (exact) mass is 642 g/mol. The molecular formula is C36H40F2N6O3. The van der Waals surface area contributed by atoms with E-state index in [4.69, 9.17) is 14.5 Å². The van der Waals surface area contributed by atoms with Crippen LogP contribution in [0.2, 0.25) is 0 Å². The van der Waals surface area contributed by atoms with Gasteiger partial charge < -0.3 is 14.4 Å². The Morgan fingerprint density at radius 3 is 2.40 bits per heavy atom. The third-order valence-corrected chi connectivity index (χ3v) is 10.4. The zero-order chi connectivity index (χ0) is 32.5. The number of carbonyl (C=O) groups excluding carboxylic acids is 1. The summed E-state index contributed by atoms with van der Waals surface area (Å²) in [6, 6.07) is 10.0. The molecule has 0 saturated carbocycles. The first-order chi connectivity index (χ1) is 22.6. The van der Waals surface area contributed by atoms with Crippen molar-refractivity contribution < 1.29 is 23.0 Å². The van der Waals surface area contributed by atoms with E-state index in [9.17, 15) is 4.79 Å². The fraction of sp³-hybridized carbons (Fsp3) is 0.500. The Hall–Kier alpha value is -4.12. The molecular weight excluding hydrogens is 602 g/mol. The highest BCUT2D eigenvalue weighted by atomic mass is 19.1. The second-order valence-electron chi connectivity index (χ2n) is 14.5. The molecule has 1 amide bonds. The van der Waals surface area contributed by atoms with Crippen LogP contribution in [0.1, 0.15) is 59.3 Å². The number of nitrogens with zero attached hydrogens (tertiary/aromatic N) is 6. The van der Waals surface area contributed by atoms with Crippen LogP contribution in [0.4, 0.5) is 19.4 Å². The summed E-state index contributed by atoms with van der Waals surface area (Å²) in [5.74, 6) is -0.564. The number of piperazine rings is 1. The summed E-state index contributed by atoms with van der Waals surface area (Å²) in [5, 5.41) is 1.42. The second kappa shape index (κ2) is 11.2. The van der Waals surface area contributed by atoms with E-state index in [1.165, 1.54) is 6.07 Å². The molecule has 4 aromatic rings. The fourth-order valence-electron chi connectivity index (χ4n) is 8.36. The van der Waals surface area contributed by atoms with E-state index >= 15 is 8.78 Å². The third kappa shape index (κ3) is 5.23. The first kappa shape index (κ1) is 30.2. The van der Waals surface area contributed by atoms with Crippen LogP contribution in [0.5, 0.6) is 6.01 Å². The van der Waals surface area contributed by atoms with Gasteiger partial charge in [0.2, 0.25) is 0 Å². The molecule has 4 saturated heterocycles. The van der Waals surface area contributed by atoms with E-state index in [2.05, 4.69) is 19.8 Å². The Labute approximate surface area is 272 Å². The maximum atomic E-state index is 16.8. The van der Waals surface area contributed by atoms with Crippen molar-refractivity contribution >= 4 is 33.6 Å². The van der Waals surface area contributed by atoms with Gasteiger partial charge in [0.1, 0.15) is 35.1 Å². The molecule has 0 spiro atoms. The minimum absolute atomic E-state index is 0.0231. The highest BCUT2D eigenvalue weighted by Gasteiger charge is 2.46. The fourth-order valence-corrected chi connectivity index (χ4v) is 8.36. The standard InChI is InChI=1S/C36H40F2N6O3/c1-35(2,3)47-34(45)44-23-12-13-24(44)20-42(19-23)32-26-18-39-30(25-10-4-8-22-9-5-11-27(37)28(22)25)29(38)31(26)40-33(41-32)46-21-36-14-6-16-43(36)17-7-15-36/h4-5,8-11,18,23-24H,6-7,12-17,19-21H2,1-3H3/t23-,24+. The van der Waals surface area contributed by atoms with Gasteiger partial charge in [-0.05, 0) is 83.8 Å². The molecule has 47 heavy (non-hydrogen) atoms. The van der Waals surface area contributed by atoms with Gasteiger partial charge in [0.15, 0.2) is 5.82 Å². The van der Waals surface area contributed by atoms with Crippen molar-refractivity contribution in [3.05, 3.63) is 54.2 Å². The van der Waals surface area contributed by atoms with Gasteiger partial charge in [-0.15, -0.1) is 0 Å².